The maximum Gasteiger partial charge on any atom is 0.317 e. The Kier molecular flexibility index (Phi) is 6.65. The third kappa shape index (κ3) is 5.36. The Morgan fingerprint density at radius 3 is 2.44 bits per heavy atom. The van der Waals surface area contributed by atoms with Gasteiger partial charge in [0.05, 0.1) is 6.54 Å². The first-order valence-electron chi connectivity index (χ1n) is 7.21. The van der Waals surface area contributed by atoms with Gasteiger partial charge in [0, 0.05) is 12.6 Å². The van der Waals surface area contributed by atoms with E-state index in [2.05, 4.69) is 30.6 Å². The monoisotopic (exact) mass is 256 g/mol. The molecule has 1 aliphatic rings. The molecule has 4 heteroatoms. The van der Waals surface area contributed by atoms with Gasteiger partial charge in [0.1, 0.15) is 0 Å². The fourth-order valence-electron chi connectivity index (χ4n) is 2.81. The van der Waals surface area contributed by atoms with E-state index in [4.69, 9.17) is 5.11 Å². The molecule has 1 heterocycles. The molecule has 0 aromatic heterocycles. The van der Waals surface area contributed by atoms with E-state index in [0.717, 1.165) is 32.5 Å². The number of piperidine rings is 1. The molecule has 0 bridgehead atoms. The van der Waals surface area contributed by atoms with Crippen molar-refractivity contribution in [3.05, 3.63) is 0 Å². The number of nitrogens with zero attached hydrogens (tertiary/aromatic N) is 2. The number of likely N-dealkylation sites (tertiary alicyclic amines) is 1. The Labute approximate surface area is 111 Å². The Hall–Kier alpha value is -0.610. The van der Waals surface area contributed by atoms with Gasteiger partial charge in [0.25, 0.3) is 0 Å². The summed E-state index contributed by atoms with van der Waals surface area (Å²) >= 11 is 0. The predicted octanol–water partition coefficient (Wildman–Crippen LogP) is 1.90. The zero-order valence-corrected chi connectivity index (χ0v) is 12.1. The first-order valence-corrected chi connectivity index (χ1v) is 7.21. The van der Waals surface area contributed by atoms with Crippen molar-refractivity contribution < 1.29 is 9.90 Å². The molecule has 0 aliphatic carbocycles. The zero-order valence-electron chi connectivity index (χ0n) is 12.1. The van der Waals surface area contributed by atoms with Gasteiger partial charge < -0.3 is 10.0 Å². The van der Waals surface area contributed by atoms with Gasteiger partial charge in [-0.25, -0.2) is 0 Å². The minimum Gasteiger partial charge on any atom is -0.480 e. The van der Waals surface area contributed by atoms with Crippen LogP contribution in [0.2, 0.25) is 0 Å². The third-order valence-corrected chi connectivity index (χ3v) is 3.55. The molecular weight excluding hydrogens is 228 g/mol. The van der Waals surface area contributed by atoms with Gasteiger partial charge in [-0.3, -0.25) is 9.69 Å². The predicted molar refractivity (Wildman–Crippen MR) is 73.8 cm³/mol. The molecule has 0 radical (unpaired) electrons. The fraction of sp³-hybridized carbons (Fsp3) is 0.929. The largest absolute Gasteiger partial charge is 0.480 e. The van der Waals surface area contributed by atoms with E-state index >= 15 is 0 Å². The van der Waals surface area contributed by atoms with Crippen LogP contribution >= 0.6 is 0 Å². The molecule has 1 saturated heterocycles. The summed E-state index contributed by atoms with van der Waals surface area (Å²) < 4.78 is 0. The summed E-state index contributed by atoms with van der Waals surface area (Å²) in [5, 5.41) is 9.01. The second-order valence-electron chi connectivity index (χ2n) is 5.79. The van der Waals surface area contributed by atoms with Crippen molar-refractivity contribution in [1.29, 1.82) is 0 Å². The molecular formula is C14H28N2O2. The topological polar surface area (TPSA) is 43.8 Å². The second-order valence-corrected chi connectivity index (χ2v) is 5.79. The van der Waals surface area contributed by atoms with Gasteiger partial charge in [-0.05, 0) is 44.8 Å². The van der Waals surface area contributed by atoms with Gasteiger partial charge in [-0.15, -0.1) is 0 Å². The summed E-state index contributed by atoms with van der Waals surface area (Å²) in [5.41, 5.74) is 0. The number of rotatable bonds is 7. The molecule has 18 heavy (non-hydrogen) atoms. The average molecular weight is 256 g/mol. The zero-order chi connectivity index (χ0) is 13.5. The SMILES string of the molecule is CCCN1CCC(N(CC(=O)O)CC(C)C)CC1. The summed E-state index contributed by atoms with van der Waals surface area (Å²) in [6.07, 6.45) is 3.43. The lowest BCUT2D eigenvalue weighted by atomic mass is 10.0. The maximum absolute atomic E-state index is 10.9. The van der Waals surface area contributed by atoms with Gasteiger partial charge in [-0.2, -0.15) is 0 Å². The number of hydrogen-bond donors (Lipinski definition) is 1. The molecule has 1 fully saturated rings. The summed E-state index contributed by atoms with van der Waals surface area (Å²) in [5.74, 6) is -0.176. The second kappa shape index (κ2) is 7.74. The van der Waals surface area contributed by atoms with Gasteiger partial charge in [0.2, 0.25) is 0 Å². The number of carboxylic acids is 1. The smallest absolute Gasteiger partial charge is 0.317 e. The van der Waals surface area contributed by atoms with Crippen LogP contribution in [-0.4, -0.2) is 59.6 Å². The average Bonchev–Trinajstić information content (AvgIpc) is 2.28. The molecule has 0 spiro atoms. The molecule has 0 atom stereocenters. The van der Waals surface area contributed by atoms with E-state index < -0.39 is 5.97 Å². The van der Waals surface area contributed by atoms with Crippen molar-refractivity contribution in [1.82, 2.24) is 9.80 Å². The number of aliphatic carboxylic acids is 1. The highest BCUT2D eigenvalue weighted by molar-refractivity contribution is 5.69. The Bertz CT molecular complexity index is 248. The fourth-order valence-corrected chi connectivity index (χ4v) is 2.81. The van der Waals surface area contributed by atoms with Crippen molar-refractivity contribution >= 4 is 5.97 Å². The van der Waals surface area contributed by atoms with Gasteiger partial charge >= 0.3 is 5.97 Å². The highest BCUT2D eigenvalue weighted by Gasteiger charge is 2.25. The van der Waals surface area contributed by atoms with Crippen LogP contribution in [0.25, 0.3) is 0 Å². The lowest BCUT2D eigenvalue weighted by Crippen LogP contribution is -2.47. The summed E-state index contributed by atoms with van der Waals surface area (Å²) in [7, 11) is 0. The van der Waals surface area contributed by atoms with Crippen LogP contribution in [-0.2, 0) is 4.79 Å². The normalized spacial score (nSPS) is 18.7. The number of carbonyl (C=O) groups is 1. The van der Waals surface area contributed by atoms with E-state index in [1.54, 1.807) is 0 Å². The van der Waals surface area contributed by atoms with E-state index in [0.29, 0.717) is 12.0 Å². The maximum atomic E-state index is 10.9. The van der Waals surface area contributed by atoms with E-state index in [1.165, 1.54) is 13.0 Å². The van der Waals surface area contributed by atoms with Crippen molar-refractivity contribution in [3.8, 4) is 0 Å². The molecule has 4 nitrogen and oxygen atoms in total. The van der Waals surface area contributed by atoms with Crippen LogP contribution in [0.15, 0.2) is 0 Å². The van der Waals surface area contributed by atoms with E-state index in [9.17, 15) is 4.79 Å². The van der Waals surface area contributed by atoms with Crippen molar-refractivity contribution in [2.75, 3.05) is 32.7 Å². The summed E-state index contributed by atoms with van der Waals surface area (Å²) in [6.45, 7) is 11.0. The lowest BCUT2D eigenvalue weighted by molar-refractivity contribution is -0.139. The van der Waals surface area contributed by atoms with Crippen LogP contribution in [0.1, 0.15) is 40.0 Å². The molecule has 1 N–H and O–H groups in total. The molecule has 0 unspecified atom stereocenters. The highest BCUT2D eigenvalue weighted by atomic mass is 16.4. The number of carboxylic acid groups (broad SMARTS) is 1. The first kappa shape index (κ1) is 15.4. The Balaban J connectivity index is 2.46. The molecule has 106 valence electrons. The lowest BCUT2D eigenvalue weighted by Gasteiger charge is -2.38. The Morgan fingerprint density at radius 1 is 1.39 bits per heavy atom. The van der Waals surface area contributed by atoms with Crippen molar-refractivity contribution in [2.24, 2.45) is 5.92 Å². The van der Waals surface area contributed by atoms with E-state index in [-0.39, 0.29) is 6.54 Å². The van der Waals surface area contributed by atoms with Crippen molar-refractivity contribution in [2.45, 2.75) is 46.1 Å². The third-order valence-electron chi connectivity index (χ3n) is 3.55. The molecule has 1 aliphatic heterocycles. The minimum atomic E-state index is -0.702. The number of hydrogen-bond acceptors (Lipinski definition) is 3. The molecule has 0 saturated carbocycles. The summed E-state index contributed by atoms with van der Waals surface area (Å²) in [6, 6.07) is 0.455. The first-order chi connectivity index (χ1) is 8.52. The highest BCUT2D eigenvalue weighted by Crippen LogP contribution is 2.18. The van der Waals surface area contributed by atoms with Crippen LogP contribution in [0.5, 0.6) is 0 Å². The van der Waals surface area contributed by atoms with Crippen LogP contribution < -0.4 is 0 Å². The standard InChI is InChI=1S/C14H28N2O2/c1-4-7-15-8-5-13(6-9-15)16(10-12(2)3)11-14(17)18/h12-13H,4-11H2,1-3H3,(H,17,18). The molecule has 1 rings (SSSR count). The quantitative estimate of drug-likeness (QED) is 0.755. The molecule has 0 aromatic carbocycles. The Morgan fingerprint density at radius 2 is 2.00 bits per heavy atom. The minimum absolute atomic E-state index is 0.191. The van der Waals surface area contributed by atoms with Gasteiger partial charge in [-0.1, -0.05) is 20.8 Å². The summed E-state index contributed by atoms with van der Waals surface area (Å²) in [4.78, 5) is 15.6. The molecule has 0 aromatic rings. The molecule has 0 amide bonds. The van der Waals surface area contributed by atoms with Crippen LogP contribution in [0, 0.1) is 5.92 Å². The van der Waals surface area contributed by atoms with Crippen LogP contribution in [0.4, 0.5) is 0 Å². The van der Waals surface area contributed by atoms with Crippen molar-refractivity contribution in [3.63, 3.8) is 0 Å². The van der Waals surface area contributed by atoms with Gasteiger partial charge in [0.15, 0.2) is 0 Å². The van der Waals surface area contributed by atoms with E-state index in [1.807, 2.05) is 0 Å². The van der Waals surface area contributed by atoms with Crippen LogP contribution in [0.3, 0.4) is 0 Å².